The van der Waals surface area contributed by atoms with E-state index in [-0.39, 0.29) is 0 Å². The first-order valence-corrected chi connectivity index (χ1v) is 9.01. The number of nitrogens with two attached hydrogens (primary N) is 1. The van der Waals surface area contributed by atoms with E-state index in [9.17, 15) is 0 Å². The van der Waals surface area contributed by atoms with Crippen molar-refractivity contribution in [1.29, 1.82) is 0 Å². The van der Waals surface area contributed by atoms with Crippen molar-refractivity contribution >= 4 is 11.6 Å². The fourth-order valence-electron chi connectivity index (χ4n) is 3.70. The molecule has 0 atom stereocenters. The topological polar surface area (TPSA) is 26.0 Å². The number of aryl methyl sites for hydroxylation is 1. The van der Waals surface area contributed by atoms with Crippen LogP contribution in [0.3, 0.4) is 0 Å². The van der Waals surface area contributed by atoms with E-state index in [1.165, 1.54) is 39.0 Å². The van der Waals surface area contributed by atoms with Crippen LogP contribution in [0.25, 0.3) is 11.6 Å². The molecular weight excluding hydrogens is 302 g/mol. The third-order valence-corrected chi connectivity index (χ3v) is 4.98. The van der Waals surface area contributed by atoms with Gasteiger partial charge in [-0.1, -0.05) is 72.8 Å². The second-order valence-electron chi connectivity index (χ2n) is 6.64. The van der Waals surface area contributed by atoms with Crippen molar-refractivity contribution in [3.05, 3.63) is 106 Å². The quantitative estimate of drug-likeness (QED) is 0.781. The van der Waals surface area contributed by atoms with Crippen LogP contribution in [-0.4, -0.2) is 0 Å². The van der Waals surface area contributed by atoms with E-state index in [0.29, 0.717) is 6.54 Å². The zero-order chi connectivity index (χ0) is 17.1. The first-order valence-electron chi connectivity index (χ1n) is 9.01. The summed E-state index contributed by atoms with van der Waals surface area (Å²) in [7, 11) is 0. The van der Waals surface area contributed by atoms with Gasteiger partial charge in [0.05, 0.1) is 0 Å². The fraction of sp³-hybridized carbons (Fsp3) is 0.167. The van der Waals surface area contributed by atoms with Gasteiger partial charge in [-0.15, -0.1) is 0 Å². The molecule has 0 heterocycles. The molecule has 1 nitrogen and oxygen atoms in total. The molecule has 0 saturated carbocycles. The Labute approximate surface area is 149 Å². The molecule has 2 N–H and O–H groups in total. The zero-order valence-corrected chi connectivity index (χ0v) is 14.4. The third kappa shape index (κ3) is 3.29. The molecule has 1 heteroatoms. The summed E-state index contributed by atoms with van der Waals surface area (Å²) in [5.41, 5.74) is 15.1. The molecule has 0 radical (unpaired) electrons. The normalized spacial score (nSPS) is 17.9. The fourth-order valence-corrected chi connectivity index (χ4v) is 3.70. The Balaban J connectivity index is 1.93. The van der Waals surface area contributed by atoms with E-state index < -0.39 is 0 Å². The molecule has 2 aliphatic rings. The van der Waals surface area contributed by atoms with Crippen LogP contribution in [0.2, 0.25) is 0 Å². The summed E-state index contributed by atoms with van der Waals surface area (Å²) < 4.78 is 0. The Bertz CT molecular complexity index is 909. The summed E-state index contributed by atoms with van der Waals surface area (Å²) in [6.07, 6.45) is 14.6. The Morgan fingerprint density at radius 1 is 0.920 bits per heavy atom. The molecule has 25 heavy (non-hydrogen) atoms. The number of rotatable bonds is 2. The molecule has 0 fully saturated rings. The maximum Gasteiger partial charge on any atom is 0.0178 e. The molecular formula is C24H23N. The van der Waals surface area contributed by atoms with E-state index in [0.717, 1.165) is 19.3 Å². The molecule has 0 saturated heterocycles. The number of allylic oxidation sites excluding steroid dienone is 7. The molecule has 0 aromatic heterocycles. The number of fused-ring (bicyclic) bond motifs is 1. The van der Waals surface area contributed by atoms with Crippen LogP contribution in [0.5, 0.6) is 0 Å². The van der Waals surface area contributed by atoms with Gasteiger partial charge in [-0.3, -0.25) is 0 Å². The molecule has 0 bridgehead atoms. The Kier molecular flexibility index (Phi) is 4.49. The average molecular weight is 325 g/mol. The summed E-state index contributed by atoms with van der Waals surface area (Å²) in [6.45, 7) is 0.574. The molecule has 2 aromatic carbocycles. The smallest absolute Gasteiger partial charge is 0.0178 e. The molecule has 0 spiro atoms. The molecule has 2 aromatic rings. The van der Waals surface area contributed by atoms with Crippen LogP contribution in [-0.2, 0) is 13.0 Å². The second-order valence-corrected chi connectivity index (χ2v) is 6.64. The highest BCUT2D eigenvalue weighted by molar-refractivity contribution is 5.95. The summed E-state index contributed by atoms with van der Waals surface area (Å²) in [5, 5.41) is 0. The minimum atomic E-state index is 0.574. The SMILES string of the molecule is NCc1cccc(/C=C2/C3=C(C=CCC=C3)CCc3ccccc32)c1. The van der Waals surface area contributed by atoms with Crippen LogP contribution >= 0.6 is 0 Å². The highest BCUT2D eigenvalue weighted by Gasteiger charge is 2.18. The zero-order valence-electron chi connectivity index (χ0n) is 14.4. The Hall–Kier alpha value is -2.64. The van der Waals surface area contributed by atoms with Gasteiger partial charge in [0.25, 0.3) is 0 Å². The summed E-state index contributed by atoms with van der Waals surface area (Å²) >= 11 is 0. The van der Waals surface area contributed by atoms with Crippen molar-refractivity contribution < 1.29 is 0 Å². The summed E-state index contributed by atoms with van der Waals surface area (Å²) in [4.78, 5) is 0. The van der Waals surface area contributed by atoms with Gasteiger partial charge in [-0.2, -0.15) is 0 Å². The van der Waals surface area contributed by atoms with Crippen molar-refractivity contribution in [1.82, 2.24) is 0 Å². The van der Waals surface area contributed by atoms with Gasteiger partial charge in [0.15, 0.2) is 0 Å². The monoisotopic (exact) mass is 325 g/mol. The Morgan fingerprint density at radius 3 is 2.72 bits per heavy atom. The van der Waals surface area contributed by atoms with E-state index in [4.69, 9.17) is 5.73 Å². The summed E-state index contributed by atoms with van der Waals surface area (Å²) in [5.74, 6) is 0. The molecule has 124 valence electrons. The van der Waals surface area contributed by atoms with Crippen LogP contribution in [0.1, 0.15) is 35.1 Å². The number of hydrogen-bond acceptors (Lipinski definition) is 1. The maximum atomic E-state index is 5.83. The minimum absolute atomic E-state index is 0.574. The van der Waals surface area contributed by atoms with Crippen molar-refractivity contribution in [3.63, 3.8) is 0 Å². The van der Waals surface area contributed by atoms with Crippen LogP contribution in [0, 0.1) is 0 Å². The van der Waals surface area contributed by atoms with Crippen molar-refractivity contribution in [2.75, 3.05) is 0 Å². The van der Waals surface area contributed by atoms with Gasteiger partial charge >= 0.3 is 0 Å². The lowest BCUT2D eigenvalue weighted by Gasteiger charge is -2.13. The van der Waals surface area contributed by atoms with Gasteiger partial charge in [-0.25, -0.2) is 0 Å². The maximum absolute atomic E-state index is 5.83. The molecule has 4 rings (SSSR count). The molecule has 2 aliphatic carbocycles. The second kappa shape index (κ2) is 7.08. The highest BCUT2D eigenvalue weighted by Crippen LogP contribution is 2.37. The number of hydrogen-bond donors (Lipinski definition) is 1. The highest BCUT2D eigenvalue weighted by atomic mass is 14.5. The van der Waals surface area contributed by atoms with E-state index in [1.807, 2.05) is 0 Å². The lowest BCUT2D eigenvalue weighted by atomic mass is 9.91. The summed E-state index contributed by atoms with van der Waals surface area (Å²) in [6, 6.07) is 17.3. The minimum Gasteiger partial charge on any atom is -0.326 e. The Morgan fingerprint density at radius 2 is 1.80 bits per heavy atom. The first-order chi connectivity index (χ1) is 12.3. The predicted octanol–water partition coefficient (Wildman–Crippen LogP) is 5.44. The lowest BCUT2D eigenvalue weighted by Crippen LogP contribution is -1.96. The first kappa shape index (κ1) is 15.9. The van der Waals surface area contributed by atoms with Crippen LogP contribution < -0.4 is 5.73 Å². The number of benzene rings is 2. The predicted molar refractivity (Wildman–Crippen MR) is 107 cm³/mol. The third-order valence-electron chi connectivity index (χ3n) is 4.98. The van der Waals surface area contributed by atoms with Crippen LogP contribution in [0.4, 0.5) is 0 Å². The van der Waals surface area contributed by atoms with Crippen molar-refractivity contribution in [2.24, 2.45) is 5.73 Å². The van der Waals surface area contributed by atoms with E-state index in [1.54, 1.807) is 0 Å². The largest absolute Gasteiger partial charge is 0.326 e. The lowest BCUT2D eigenvalue weighted by molar-refractivity contribution is 0.967. The van der Waals surface area contributed by atoms with Gasteiger partial charge in [0, 0.05) is 6.54 Å². The molecule has 0 aliphatic heterocycles. The standard InChI is InChI=1S/C24H23N/c25-17-19-8-6-7-18(15-19)16-24-22-11-3-1-2-9-20(22)13-14-21-10-4-5-12-23(21)24/h2-12,15-16H,1,13-14,17,25H2/b24-16-. The average Bonchev–Trinajstić information content (AvgIpc) is 2.97. The van der Waals surface area contributed by atoms with Crippen molar-refractivity contribution in [3.8, 4) is 0 Å². The van der Waals surface area contributed by atoms with Gasteiger partial charge < -0.3 is 5.73 Å². The molecule has 0 amide bonds. The van der Waals surface area contributed by atoms with E-state index in [2.05, 4.69) is 78.9 Å². The van der Waals surface area contributed by atoms with E-state index >= 15 is 0 Å². The van der Waals surface area contributed by atoms with Gasteiger partial charge in [0.1, 0.15) is 0 Å². The van der Waals surface area contributed by atoms with Gasteiger partial charge in [-0.05, 0) is 64.3 Å². The molecule has 0 unspecified atom stereocenters. The van der Waals surface area contributed by atoms with Crippen molar-refractivity contribution in [2.45, 2.75) is 25.8 Å². The van der Waals surface area contributed by atoms with Gasteiger partial charge in [0.2, 0.25) is 0 Å². The van der Waals surface area contributed by atoms with Crippen LogP contribution in [0.15, 0.2) is 84.0 Å².